The average Bonchev–Trinajstić information content (AvgIpc) is 3.55. The molecule has 0 saturated heterocycles. The van der Waals surface area contributed by atoms with Crippen molar-refractivity contribution in [1.29, 1.82) is 0 Å². The first-order chi connectivity index (χ1) is 42.6. The quantitative estimate of drug-likeness (QED) is 0.0373. The maximum atomic E-state index is 12.3. The van der Waals surface area contributed by atoms with E-state index >= 15 is 0 Å². The van der Waals surface area contributed by atoms with Gasteiger partial charge in [-0.05, 0) is 135 Å². The molecule has 0 fully saturated rings. The van der Waals surface area contributed by atoms with Crippen LogP contribution in [0.1, 0.15) is 296 Å². The van der Waals surface area contributed by atoms with E-state index in [1.165, 1.54) is 128 Å². The number of aliphatic hydroxyl groups is 1. The summed E-state index contributed by atoms with van der Waals surface area (Å²) in [6.45, 7) is 3.89. The van der Waals surface area contributed by atoms with Gasteiger partial charge in [0.25, 0.3) is 0 Å². The number of carbonyl (C=O) groups excluding carboxylic acids is 2. The van der Waals surface area contributed by atoms with Crippen LogP contribution < -0.4 is 0 Å². The lowest BCUT2D eigenvalue weighted by molar-refractivity contribution is -0.161. The smallest absolute Gasteiger partial charge is 0.306 e. The predicted octanol–water partition coefficient (Wildman–Crippen LogP) is 25.0. The summed E-state index contributed by atoms with van der Waals surface area (Å²) in [5.74, 6) is -0.631. The summed E-state index contributed by atoms with van der Waals surface area (Å²) in [7, 11) is 0. The van der Waals surface area contributed by atoms with Crippen LogP contribution in [0.5, 0.6) is 0 Å². The third-order valence-corrected chi connectivity index (χ3v) is 14.7. The lowest BCUT2D eigenvalue weighted by Gasteiger charge is -2.15. The highest BCUT2D eigenvalue weighted by molar-refractivity contribution is 5.70. The Morgan fingerprint density at radius 2 is 0.465 bits per heavy atom. The van der Waals surface area contributed by atoms with Crippen molar-refractivity contribution < 1.29 is 24.2 Å². The fraction of sp³-hybridized carbons (Fsp3) is 0.605. The molecule has 0 heterocycles. The van der Waals surface area contributed by atoms with Gasteiger partial charge in [-0.15, -0.1) is 0 Å². The lowest BCUT2D eigenvalue weighted by Crippen LogP contribution is -2.28. The number of aliphatic hydroxyl groups excluding tert-OH is 1. The molecule has 1 atom stereocenters. The molecule has 0 aliphatic carbocycles. The molecule has 1 unspecified atom stereocenters. The zero-order valence-corrected chi connectivity index (χ0v) is 55.5. The molecule has 0 aromatic heterocycles. The number of esters is 2. The number of ether oxygens (including phenoxy) is 2. The third-order valence-electron chi connectivity index (χ3n) is 14.7. The standard InChI is InChI=1S/C81H130O5/c1-3-5-7-9-11-13-15-17-19-21-23-25-27-29-31-33-35-36-37-38-39-40-41-42-43-44-46-47-49-51-53-55-57-59-61-63-65-67-69-71-73-75-80(83)85-78-79(77-82)86-81(84)76-74-72-70-68-66-64-62-60-58-56-54-52-50-48-45-34-32-30-28-26-24-22-20-18-16-14-12-10-8-6-4-2/h5-8,11-14,17-20,23-26,29-32,35-36,45,48,52,54,58,60,64,66,79,82H,3-4,9-10,15-16,21-22,27-28,33-34,37-44,46-47,49-51,53,55-57,59,61-63,65,67-78H2,1-2H3/b7-5-,8-6-,13-11-,14-12-,19-17-,20-18-,25-23-,26-24-,31-29-,32-30-,36-35-,48-45-,54-52-,60-58-,66-64-. The number of carbonyl (C=O) groups is 2. The number of rotatable bonds is 63. The summed E-state index contributed by atoms with van der Waals surface area (Å²) in [5, 5.41) is 9.70. The fourth-order valence-electron chi connectivity index (χ4n) is 9.49. The molecule has 0 rings (SSSR count). The van der Waals surface area contributed by atoms with Crippen molar-refractivity contribution in [3.63, 3.8) is 0 Å². The second-order valence-corrected chi connectivity index (χ2v) is 22.8. The van der Waals surface area contributed by atoms with Crippen molar-refractivity contribution in [3.8, 4) is 0 Å². The van der Waals surface area contributed by atoms with E-state index in [0.29, 0.717) is 12.8 Å². The summed E-state index contributed by atoms with van der Waals surface area (Å²) in [6.07, 6.45) is 116. The Labute approximate surface area is 531 Å². The molecule has 0 bridgehead atoms. The van der Waals surface area contributed by atoms with Crippen LogP contribution in [0.4, 0.5) is 0 Å². The normalized spacial score (nSPS) is 13.4. The molecule has 0 spiro atoms. The van der Waals surface area contributed by atoms with E-state index in [4.69, 9.17) is 9.47 Å². The summed E-state index contributed by atoms with van der Waals surface area (Å²) in [5.41, 5.74) is 0. The molecule has 0 amide bonds. The van der Waals surface area contributed by atoms with Crippen LogP contribution in [0.25, 0.3) is 0 Å². The first kappa shape index (κ1) is 81.0. The van der Waals surface area contributed by atoms with Crippen LogP contribution in [0, 0.1) is 0 Å². The molecule has 1 N–H and O–H groups in total. The average molecular weight is 1180 g/mol. The summed E-state index contributed by atoms with van der Waals surface area (Å²) in [6, 6.07) is 0. The minimum atomic E-state index is -0.803. The first-order valence-electron chi connectivity index (χ1n) is 35.3. The number of unbranched alkanes of at least 4 members (excludes halogenated alkanes) is 25. The SMILES string of the molecule is CC/C=C\C/C=C\C/C=C\C/C=C\C/C=C\C/C=C\C/C=C\C/C=C\C/C=C\CCCCCC(=O)OC(CO)COC(=O)CCCCCCCCCCCCCCCCCCCCCCCC/C=C\C/C=C\C/C=C\C/C=C\C/C=C\C/C=C\CC. The molecule has 5 heteroatoms. The van der Waals surface area contributed by atoms with E-state index in [9.17, 15) is 14.7 Å². The van der Waals surface area contributed by atoms with Gasteiger partial charge in [0.2, 0.25) is 0 Å². The topological polar surface area (TPSA) is 72.8 Å². The van der Waals surface area contributed by atoms with Crippen molar-refractivity contribution in [2.45, 2.75) is 302 Å². The number of hydrogen-bond donors (Lipinski definition) is 1. The Kier molecular flexibility index (Phi) is 69.9. The molecule has 0 aromatic carbocycles. The maximum Gasteiger partial charge on any atom is 0.306 e. The Bertz CT molecular complexity index is 1920. The van der Waals surface area contributed by atoms with Crippen molar-refractivity contribution in [3.05, 3.63) is 182 Å². The molecule has 0 aromatic rings. The first-order valence-corrected chi connectivity index (χ1v) is 35.3. The van der Waals surface area contributed by atoms with Gasteiger partial charge in [-0.2, -0.15) is 0 Å². The van der Waals surface area contributed by atoms with E-state index in [2.05, 4.69) is 196 Å². The molecule has 86 heavy (non-hydrogen) atoms. The summed E-state index contributed by atoms with van der Waals surface area (Å²) < 4.78 is 10.7. The van der Waals surface area contributed by atoms with Gasteiger partial charge in [-0.3, -0.25) is 9.59 Å². The molecular weight excluding hydrogens is 1050 g/mol. The molecule has 0 radical (unpaired) electrons. The Morgan fingerprint density at radius 1 is 0.267 bits per heavy atom. The molecule has 0 aliphatic heterocycles. The van der Waals surface area contributed by atoms with Gasteiger partial charge in [0.1, 0.15) is 6.61 Å². The van der Waals surface area contributed by atoms with Gasteiger partial charge in [0.05, 0.1) is 6.61 Å². The highest BCUT2D eigenvalue weighted by Gasteiger charge is 2.16. The van der Waals surface area contributed by atoms with E-state index in [0.717, 1.165) is 141 Å². The van der Waals surface area contributed by atoms with Crippen LogP contribution in [0.15, 0.2) is 182 Å². The Hall–Kier alpha value is -5.00. The largest absolute Gasteiger partial charge is 0.462 e. The fourth-order valence-corrected chi connectivity index (χ4v) is 9.49. The van der Waals surface area contributed by atoms with E-state index in [1.54, 1.807) is 0 Å². The number of allylic oxidation sites excluding steroid dienone is 30. The summed E-state index contributed by atoms with van der Waals surface area (Å²) >= 11 is 0. The van der Waals surface area contributed by atoms with Gasteiger partial charge in [0, 0.05) is 12.8 Å². The molecule has 5 nitrogen and oxygen atoms in total. The van der Waals surface area contributed by atoms with Gasteiger partial charge < -0.3 is 14.6 Å². The van der Waals surface area contributed by atoms with E-state index in [-0.39, 0.29) is 25.2 Å². The second kappa shape index (κ2) is 74.3. The molecule has 0 aliphatic rings. The minimum Gasteiger partial charge on any atom is -0.462 e. The minimum absolute atomic E-state index is 0.0876. The summed E-state index contributed by atoms with van der Waals surface area (Å²) in [4.78, 5) is 24.6. The van der Waals surface area contributed by atoms with E-state index in [1.807, 2.05) is 0 Å². The van der Waals surface area contributed by atoms with E-state index < -0.39 is 6.10 Å². The van der Waals surface area contributed by atoms with Gasteiger partial charge >= 0.3 is 11.9 Å². The molecule has 0 saturated carbocycles. The zero-order chi connectivity index (χ0) is 61.9. The maximum absolute atomic E-state index is 12.3. The highest BCUT2D eigenvalue weighted by atomic mass is 16.6. The lowest BCUT2D eigenvalue weighted by atomic mass is 10.0. The van der Waals surface area contributed by atoms with Gasteiger partial charge in [0.15, 0.2) is 6.10 Å². The van der Waals surface area contributed by atoms with Crippen molar-refractivity contribution in [2.24, 2.45) is 0 Å². The van der Waals surface area contributed by atoms with Crippen LogP contribution in [0.2, 0.25) is 0 Å². The van der Waals surface area contributed by atoms with Gasteiger partial charge in [-0.25, -0.2) is 0 Å². The van der Waals surface area contributed by atoms with Crippen LogP contribution in [0.3, 0.4) is 0 Å². The van der Waals surface area contributed by atoms with Crippen molar-refractivity contribution >= 4 is 11.9 Å². The van der Waals surface area contributed by atoms with Gasteiger partial charge in [-0.1, -0.05) is 331 Å². The number of hydrogen-bond acceptors (Lipinski definition) is 5. The predicted molar refractivity (Wildman–Crippen MR) is 380 cm³/mol. The van der Waals surface area contributed by atoms with Crippen molar-refractivity contribution in [1.82, 2.24) is 0 Å². The molecule has 484 valence electrons. The zero-order valence-electron chi connectivity index (χ0n) is 55.5. The monoisotopic (exact) mass is 1180 g/mol. The Balaban J connectivity index is 3.54. The van der Waals surface area contributed by atoms with Crippen molar-refractivity contribution in [2.75, 3.05) is 13.2 Å². The van der Waals surface area contributed by atoms with Crippen LogP contribution in [-0.2, 0) is 19.1 Å². The third kappa shape index (κ3) is 71.5. The van der Waals surface area contributed by atoms with Crippen LogP contribution >= 0.6 is 0 Å². The molecular formula is C81H130O5. The second-order valence-electron chi connectivity index (χ2n) is 22.8. The van der Waals surface area contributed by atoms with Crippen LogP contribution in [-0.4, -0.2) is 36.4 Å². The Morgan fingerprint density at radius 3 is 0.709 bits per heavy atom. The highest BCUT2D eigenvalue weighted by Crippen LogP contribution is 2.17.